The van der Waals surface area contributed by atoms with Gasteiger partial charge in [0.25, 0.3) is 0 Å². The number of aliphatic imine (C=N–C) groups is 1. The zero-order chi connectivity index (χ0) is 14.8. The molecule has 0 saturated heterocycles. The predicted octanol–water partition coefficient (Wildman–Crippen LogP) is 3.81. The van der Waals surface area contributed by atoms with Crippen LogP contribution in [0.3, 0.4) is 0 Å². The largest absolute Gasteiger partial charge is 0.497 e. The Morgan fingerprint density at radius 1 is 1.43 bits per heavy atom. The first-order chi connectivity index (χ1) is 10.2. The fraction of sp³-hybridized carbons (Fsp3) is 0.250. The standard InChI is InChI=1S/C16H16ClN3O/c1-11-4-3-6-18-14(9-13(11)17)15-10-19-16-8-12(21-2)5-7-20(15)16/h3,5-11H,4H2,1-2H3/b6-3+,13-9?,18-14?. The minimum Gasteiger partial charge on any atom is -0.497 e. The van der Waals surface area contributed by atoms with Gasteiger partial charge in [0.2, 0.25) is 0 Å². The molecule has 5 heteroatoms. The summed E-state index contributed by atoms with van der Waals surface area (Å²) in [6.45, 7) is 2.10. The van der Waals surface area contributed by atoms with Crippen LogP contribution in [0.4, 0.5) is 0 Å². The van der Waals surface area contributed by atoms with Crippen LogP contribution < -0.4 is 4.74 Å². The zero-order valence-electron chi connectivity index (χ0n) is 12.0. The van der Waals surface area contributed by atoms with Crippen LogP contribution in [0.5, 0.6) is 5.75 Å². The molecule has 1 atom stereocenters. The normalized spacial score (nSPS) is 20.4. The first-order valence-corrected chi connectivity index (χ1v) is 7.18. The highest BCUT2D eigenvalue weighted by Gasteiger charge is 2.13. The van der Waals surface area contributed by atoms with Crippen molar-refractivity contribution in [2.24, 2.45) is 10.9 Å². The molecule has 1 aliphatic heterocycles. The molecular weight excluding hydrogens is 286 g/mol. The summed E-state index contributed by atoms with van der Waals surface area (Å²) >= 11 is 6.35. The molecular formula is C16H16ClN3O. The van der Waals surface area contributed by atoms with Crippen molar-refractivity contribution in [3.05, 3.63) is 53.6 Å². The number of methoxy groups -OCH3 is 1. The highest BCUT2D eigenvalue weighted by atomic mass is 35.5. The Labute approximate surface area is 128 Å². The maximum atomic E-state index is 6.35. The Morgan fingerprint density at radius 2 is 2.29 bits per heavy atom. The molecule has 0 spiro atoms. The lowest BCUT2D eigenvalue weighted by atomic mass is 10.0. The predicted molar refractivity (Wildman–Crippen MR) is 85.1 cm³/mol. The van der Waals surface area contributed by atoms with Gasteiger partial charge in [-0.05, 0) is 24.5 Å². The van der Waals surface area contributed by atoms with Gasteiger partial charge in [-0.15, -0.1) is 0 Å². The lowest BCUT2D eigenvalue weighted by molar-refractivity contribution is 0.414. The average molecular weight is 302 g/mol. The van der Waals surface area contributed by atoms with E-state index in [1.807, 2.05) is 41.1 Å². The fourth-order valence-electron chi connectivity index (χ4n) is 2.24. The molecule has 0 fully saturated rings. The van der Waals surface area contributed by atoms with Gasteiger partial charge < -0.3 is 4.74 Å². The molecule has 0 radical (unpaired) electrons. The minimum atomic E-state index is 0.299. The van der Waals surface area contributed by atoms with Crippen molar-refractivity contribution in [2.75, 3.05) is 7.11 Å². The molecule has 0 N–H and O–H groups in total. The zero-order valence-corrected chi connectivity index (χ0v) is 12.7. The van der Waals surface area contributed by atoms with Crippen LogP contribution in [-0.2, 0) is 0 Å². The van der Waals surface area contributed by atoms with E-state index in [4.69, 9.17) is 16.3 Å². The number of pyridine rings is 1. The second-order valence-electron chi connectivity index (χ2n) is 5.00. The molecule has 3 heterocycles. The van der Waals surface area contributed by atoms with Crippen molar-refractivity contribution in [3.8, 4) is 5.75 Å². The van der Waals surface area contributed by atoms with Crippen LogP contribution in [0.1, 0.15) is 19.0 Å². The third kappa shape index (κ3) is 2.72. The fourth-order valence-corrected chi connectivity index (χ4v) is 2.43. The maximum absolute atomic E-state index is 6.35. The number of ether oxygens (including phenoxy) is 1. The van der Waals surface area contributed by atoms with E-state index < -0.39 is 0 Å². The number of rotatable bonds is 2. The molecule has 0 saturated carbocycles. The minimum absolute atomic E-state index is 0.299. The van der Waals surface area contributed by atoms with E-state index in [0.717, 1.165) is 34.3 Å². The van der Waals surface area contributed by atoms with Gasteiger partial charge in [-0.2, -0.15) is 0 Å². The van der Waals surface area contributed by atoms with E-state index in [9.17, 15) is 0 Å². The van der Waals surface area contributed by atoms with Crippen LogP contribution in [-0.4, -0.2) is 22.2 Å². The van der Waals surface area contributed by atoms with Crippen LogP contribution >= 0.6 is 11.6 Å². The molecule has 4 nitrogen and oxygen atoms in total. The van der Waals surface area contributed by atoms with Gasteiger partial charge in [-0.25, -0.2) is 4.98 Å². The lowest BCUT2D eigenvalue weighted by Crippen LogP contribution is -2.05. The number of fused-ring (bicyclic) bond motifs is 1. The lowest BCUT2D eigenvalue weighted by Gasteiger charge is -2.10. The second-order valence-corrected chi connectivity index (χ2v) is 5.44. The summed E-state index contributed by atoms with van der Waals surface area (Å²) in [6, 6.07) is 3.78. The summed E-state index contributed by atoms with van der Waals surface area (Å²) in [5.41, 5.74) is 2.53. The van der Waals surface area contributed by atoms with Crippen molar-refractivity contribution >= 4 is 23.0 Å². The molecule has 0 bridgehead atoms. The first kappa shape index (κ1) is 13.9. The SMILES string of the molecule is COc1ccn2c(C3=N/C=C/CC(C)C(Cl)=C3)cnc2c1. The van der Waals surface area contributed by atoms with E-state index in [-0.39, 0.29) is 0 Å². The van der Waals surface area contributed by atoms with Crippen molar-refractivity contribution in [3.63, 3.8) is 0 Å². The second kappa shape index (κ2) is 5.74. The summed E-state index contributed by atoms with van der Waals surface area (Å²) < 4.78 is 7.19. The van der Waals surface area contributed by atoms with Crippen molar-refractivity contribution in [1.82, 2.24) is 9.38 Å². The molecule has 2 aromatic rings. The van der Waals surface area contributed by atoms with Crippen molar-refractivity contribution < 1.29 is 4.74 Å². The summed E-state index contributed by atoms with van der Waals surface area (Å²) in [5, 5.41) is 0.807. The molecule has 0 amide bonds. The number of hydrogen-bond acceptors (Lipinski definition) is 3. The molecule has 21 heavy (non-hydrogen) atoms. The number of aromatic nitrogens is 2. The van der Waals surface area contributed by atoms with Gasteiger partial charge in [0.15, 0.2) is 0 Å². The summed E-state index contributed by atoms with van der Waals surface area (Å²) in [5.74, 6) is 1.08. The van der Waals surface area contributed by atoms with Gasteiger partial charge in [0.05, 0.1) is 24.7 Å². The molecule has 0 aromatic carbocycles. The Bertz CT molecular complexity index is 758. The van der Waals surface area contributed by atoms with Gasteiger partial charge in [0.1, 0.15) is 11.4 Å². The summed E-state index contributed by atoms with van der Waals surface area (Å²) in [4.78, 5) is 8.89. The highest BCUT2D eigenvalue weighted by Crippen LogP contribution is 2.23. The van der Waals surface area contributed by atoms with E-state index in [1.54, 1.807) is 13.3 Å². The molecule has 1 unspecified atom stereocenters. The maximum Gasteiger partial charge on any atom is 0.140 e. The quantitative estimate of drug-likeness (QED) is 0.846. The molecule has 0 aliphatic carbocycles. The molecule has 2 aromatic heterocycles. The Morgan fingerprint density at radius 3 is 3.10 bits per heavy atom. The number of nitrogens with zero attached hydrogens (tertiary/aromatic N) is 3. The third-order valence-corrected chi connectivity index (χ3v) is 4.02. The van der Waals surface area contributed by atoms with Gasteiger partial charge in [-0.3, -0.25) is 9.39 Å². The topological polar surface area (TPSA) is 38.9 Å². The Balaban J connectivity index is 2.11. The van der Waals surface area contributed by atoms with Crippen molar-refractivity contribution in [2.45, 2.75) is 13.3 Å². The van der Waals surface area contributed by atoms with E-state index in [2.05, 4.69) is 16.9 Å². The van der Waals surface area contributed by atoms with Gasteiger partial charge >= 0.3 is 0 Å². The van der Waals surface area contributed by atoms with E-state index >= 15 is 0 Å². The molecule has 108 valence electrons. The van der Waals surface area contributed by atoms with Gasteiger partial charge in [0, 0.05) is 23.5 Å². The molecule has 1 aliphatic rings. The smallest absolute Gasteiger partial charge is 0.140 e. The van der Waals surface area contributed by atoms with Crippen molar-refractivity contribution in [1.29, 1.82) is 0 Å². The highest BCUT2D eigenvalue weighted by molar-refractivity contribution is 6.32. The average Bonchev–Trinajstić information content (AvgIpc) is 2.91. The Kier molecular flexibility index (Phi) is 3.80. The third-order valence-electron chi connectivity index (χ3n) is 3.54. The monoisotopic (exact) mass is 301 g/mol. The number of allylic oxidation sites excluding steroid dienone is 3. The number of hydrogen-bond donors (Lipinski definition) is 0. The molecule has 3 rings (SSSR count). The first-order valence-electron chi connectivity index (χ1n) is 6.80. The van der Waals surface area contributed by atoms with E-state index in [0.29, 0.717) is 5.92 Å². The Hall–Kier alpha value is -2.07. The summed E-state index contributed by atoms with van der Waals surface area (Å²) in [6.07, 6.45) is 10.4. The van der Waals surface area contributed by atoms with Crippen LogP contribution in [0, 0.1) is 5.92 Å². The number of halogens is 1. The van der Waals surface area contributed by atoms with Gasteiger partial charge in [-0.1, -0.05) is 24.6 Å². The van der Waals surface area contributed by atoms with Crippen LogP contribution in [0.25, 0.3) is 5.65 Å². The van der Waals surface area contributed by atoms with Crippen LogP contribution in [0.2, 0.25) is 0 Å². The summed E-state index contributed by atoms with van der Waals surface area (Å²) in [7, 11) is 1.64. The number of imidazole rings is 1. The van der Waals surface area contributed by atoms with E-state index in [1.165, 1.54) is 0 Å². The van der Waals surface area contributed by atoms with Crippen LogP contribution in [0.15, 0.2) is 52.9 Å².